The van der Waals surface area contributed by atoms with E-state index in [2.05, 4.69) is 88.3 Å². The molecule has 1 aromatic carbocycles. The molecule has 5 heteroatoms. The largest absolute Gasteiger partial charge is 0.353 e. The maximum Gasteiger partial charge on any atom is 0.181 e. The third-order valence-electron chi connectivity index (χ3n) is 5.70. The molecule has 2 N–H and O–H groups in total. The Morgan fingerprint density at radius 3 is 2.75 bits per heavy atom. The quantitative estimate of drug-likeness (QED) is 0.278. The van der Waals surface area contributed by atoms with Gasteiger partial charge in [-0.2, -0.15) is 5.10 Å². The molecule has 0 spiro atoms. The molecular weight excluding hydrogens is 412 g/mol. The molecule has 0 radical (unpaired) electrons. The van der Waals surface area contributed by atoms with Crippen LogP contribution in [0, 0.1) is 6.92 Å². The lowest BCUT2D eigenvalue weighted by molar-refractivity contribution is 1.10. The van der Waals surface area contributed by atoms with Gasteiger partial charge in [0.1, 0.15) is 0 Å². The minimum absolute atomic E-state index is 0.705. The maximum atomic E-state index is 4.60. The standard InChI is InChI=1S/C27H24N4S/c1-5-16(3)12-18(6-2)19-13-22-26(30-31-27(22)28-15-19)24-14-21-20(8-7-9-23(21)29-24)25-11-10-17(4)32-25/h5-15,29H,1H2,2-4H3,(H,28,30,31)/b16-12-,18-6+. The van der Waals surface area contributed by atoms with E-state index in [0.29, 0.717) is 5.65 Å². The lowest BCUT2D eigenvalue weighted by Gasteiger charge is -2.04. The summed E-state index contributed by atoms with van der Waals surface area (Å²) < 4.78 is 0. The highest BCUT2D eigenvalue weighted by Gasteiger charge is 2.15. The van der Waals surface area contributed by atoms with Crippen LogP contribution in [-0.4, -0.2) is 20.2 Å². The van der Waals surface area contributed by atoms with Gasteiger partial charge in [0.15, 0.2) is 5.65 Å². The van der Waals surface area contributed by atoms with Gasteiger partial charge in [0, 0.05) is 43.4 Å². The van der Waals surface area contributed by atoms with E-state index >= 15 is 0 Å². The van der Waals surface area contributed by atoms with Gasteiger partial charge in [0.05, 0.1) is 11.4 Å². The fraction of sp³-hybridized carbons (Fsp3) is 0.111. The number of nitrogens with one attached hydrogen (secondary N) is 2. The van der Waals surface area contributed by atoms with E-state index in [9.17, 15) is 0 Å². The SMILES string of the molecule is C=C/C(C)=C\C(=C/C)c1cnc2n[nH]c(-c3cc4c(-c5ccc(C)s5)cccc4[nH]3)c2c1. The van der Waals surface area contributed by atoms with Crippen molar-refractivity contribution < 1.29 is 0 Å². The number of hydrogen-bond acceptors (Lipinski definition) is 3. The Hall–Kier alpha value is -3.70. The van der Waals surface area contributed by atoms with Crippen LogP contribution in [0.2, 0.25) is 0 Å². The molecule has 4 aromatic heterocycles. The molecule has 0 amide bonds. The van der Waals surface area contributed by atoms with Crippen molar-refractivity contribution in [2.75, 3.05) is 0 Å². The van der Waals surface area contributed by atoms with Crippen molar-refractivity contribution in [3.63, 3.8) is 0 Å². The summed E-state index contributed by atoms with van der Waals surface area (Å²) in [4.78, 5) is 10.8. The van der Waals surface area contributed by atoms with Crippen LogP contribution in [0.25, 0.3) is 49.3 Å². The summed E-state index contributed by atoms with van der Waals surface area (Å²) in [5.74, 6) is 0. The average Bonchev–Trinajstić information content (AvgIpc) is 3.53. The third kappa shape index (κ3) is 3.51. The van der Waals surface area contributed by atoms with Gasteiger partial charge in [0.25, 0.3) is 0 Å². The van der Waals surface area contributed by atoms with Crippen LogP contribution >= 0.6 is 11.3 Å². The lowest BCUT2D eigenvalue weighted by atomic mass is 10.0. The maximum absolute atomic E-state index is 4.60. The van der Waals surface area contributed by atoms with Crippen molar-refractivity contribution in [3.8, 4) is 21.8 Å². The molecule has 0 saturated carbocycles. The number of rotatable bonds is 5. The molecule has 158 valence electrons. The summed E-state index contributed by atoms with van der Waals surface area (Å²) in [7, 11) is 0. The number of allylic oxidation sites excluding steroid dienone is 5. The molecule has 0 atom stereocenters. The third-order valence-corrected chi connectivity index (χ3v) is 6.73. The molecular formula is C27H24N4S. The highest BCUT2D eigenvalue weighted by molar-refractivity contribution is 7.15. The van der Waals surface area contributed by atoms with Gasteiger partial charge in [0.2, 0.25) is 0 Å². The second-order valence-corrected chi connectivity index (χ2v) is 9.18. The Morgan fingerprint density at radius 1 is 1.12 bits per heavy atom. The van der Waals surface area contributed by atoms with Crippen molar-refractivity contribution >= 4 is 38.8 Å². The first-order valence-corrected chi connectivity index (χ1v) is 11.4. The Balaban J connectivity index is 1.64. The zero-order valence-electron chi connectivity index (χ0n) is 18.4. The molecule has 0 bridgehead atoms. The van der Waals surface area contributed by atoms with Crippen LogP contribution in [0.1, 0.15) is 24.3 Å². The molecule has 4 heterocycles. The summed E-state index contributed by atoms with van der Waals surface area (Å²) in [6.07, 6.45) is 7.94. The number of fused-ring (bicyclic) bond motifs is 2. The summed E-state index contributed by atoms with van der Waals surface area (Å²) in [6, 6.07) is 15.1. The van der Waals surface area contributed by atoms with Gasteiger partial charge in [-0.15, -0.1) is 11.3 Å². The summed E-state index contributed by atoms with van der Waals surface area (Å²) in [5, 5.41) is 9.84. The number of aryl methyl sites for hydroxylation is 1. The fourth-order valence-corrected chi connectivity index (χ4v) is 4.89. The smallest absolute Gasteiger partial charge is 0.181 e. The summed E-state index contributed by atoms with van der Waals surface area (Å²) in [6.45, 7) is 10.1. The van der Waals surface area contributed by atoms with Crippen LogP contribution < -0.4 is 0 Å². The number of H-pyrrole nitrogens is 2. The number of thiophene rings is 1. The second kappa shape index (κ2) is 8.09. The zero-order valence-corrected chi connectivity index (χ0v) is 19.2. The van der Waals surface area contributed by atoms with Crippen molar-refractivity contribution in [1.82, 2.24) is 20.2 Å². The molecule has 0 aliphatic rings. The van der Waals surface area contributed by atoms with Crippen molar-refractivity contribution in [2.45, 2.75) is 20.8 Å². The summed E-state index contributed by atoms with van der Waals surface area (Å²) in [5.41, 5.74) is 8.27. The minimum Gasteiger partial charge on any atom is -0.353 e. The molecule has 5 rings (SSSR count). The van der Waals surface area contributed by atoms with Gasteiger partial charge in [-0.1, -0.05) is 42.5 Å². The first kappa shape index (κ1) is 20.2. The highest BCUT2D eigenvalue weighted by atomic mass is 32.1. The number of aromatic nitrogens is 4. The molecule has 0 saturated heterocycles. The molecule has 32 heavy (non-hydrogen) atoms. The lowest BCUT2D eigenvalue weighted by Crippen LogP contribution is -1.86. The van der Waals surface area contributed by atoms with E-state index in [1.807, 2.05) is 37.5 Å². The van der Waals surface area contributed by atoms with Crippen LogP contribution in [0.15, 0.2) is 79.0 Å². The average molecular weight is 437 g/mol. The minimum atomic E-state index is 0.705. The van der Waals surface area contributed by atoms with E-state index < -0.39 is 0 Å². The molecule has 4 nitrogen and oxygen atoms in total. The van der Waals surface area contributed by atoms with Crippen molar-refractivity contribution in [2.24, 2.45) is 0 Å². The van der Waals surface area contributed by atoms with Crippen molar-refractivity contribution in [3.05, 3.63) is 89.5 Å². The Morgan fingerprint density at radius 2 is 2.00 bits per heavy atom. The van der Waals surface area contributed by atoms with Crippen LogP contribution in [0.5, 0.6) is 0 Å². The number of aromatic amines is 2. The first-order valence-electron chi connectivity index (χ1n) is 10.6. The van der Waals surface area contributed by atoms with E-state index in [1.54, 1.807) is 0 Å². The Bertz CT molecular complexity index is 1520. The van der Waals surface area contributed by atoms with E-state index in [4.69, 9.17) is 0 Å². The Labute approximate surface area is 191 Å². The van der Waals surface area contributed by atoms with Crippen LogP contribution in [-0.2, 0) is 0 Å². The normalized spacial score (nSPS) is 12.7. The number of nitrogens with zero attached hydrogens (tertiary/aromatic N) is 2. The van der Waals surface area contributed by atoms with Crippen LogP contribution in [0.4, 0.5) is 0 Å². The van der Waals surface area contributed by atoms with Gasteiger partial charge in [-0.3, -0.25) is 5.10 Å². The molecule has 0 aliphatic heterocycles. The molecule has 0 fully saturated rings. The van der Waals surface area contributed by atoms with E-state index in [-0.39, 0.29) is 0 Å². The first-order chi connectivity index (χ1) is 15.6. The van der Waals surface area contributed by atoms with Gasteiger partial charge >= 0.3 is 0 Å². The van der Waals surface area contributed by atoms with Gasteiger partial charge in [-0.05, 0) is 56.7 Å². The second-order valence-electron chi connectivity index (χ2n) is 7.89. The van der Waals surface area contributed by atoms with E-state index in [0.717, 1.165) is 39.0 Å². The molecule has 0 aliphatic carbocycles. The predicted octanol–water partition coefficient (Wildman–Crippen LogP) is 7.68. The van der Waals surface area contributed by atoms with Crippen molar-refractivity contribution in [1.29, 1.82) is 0 Å². The number of benzene rings is 1. The zero-order chi connectivity index (χ0) is 22.2. The van der Waals surface area contributed by atoms with E-state index in [1.165, 1.54) is 20.7 Å². The predicted molar refractivity (Wildman–Crippen MR) is 137 cm³/mol. The molecule has 0 unspecified atom stereocenters. The highest BCUT2D eigenvalue weighted by Crippen LogP contribution is 2.36. The van der Waals surface area contributed by atoms with Crippen LogP contribution in [0.3, 0.4) is 0 Å². The van der Waals surface area contributed by atoms with Gasteiger partial charge in [-0.25, -0.2) is 4.98 Å². The summed E-state index contributed by atoms with van der Waals surface area (Å²) >= 11 is 1.82. The monoisotopic (exact) mass is 436 g/mol. The fourth-order valence-electron chi connectivity index (χ4n) is 3.98. The molecule has 5 aromatic rings. The number of hydrogen-bond donors (Lipinski definition) is 2. The van der Waals surface area contributed by atoms with Gasteiger partial charge < -0.3 is 4.98 Å². The Kier molecular flexibility index (Phi) is 5.11. The number of pyridine rings is 1. The topological polar surface area (TPSA) is 57.4 Å².